The molecule has 0 aromatic carbocycles. The predicted octanol–water partition coefficient (Wildman–Crippen LogP) is 1.67. The van der Waals surface area contributed by atoms with Gasteiger partial charge in [0.1, 0.15) is 5.82 Å². The molecule has 2 heterocycles. The molecule has 1 unspecified atom stereocenters. The number of nitrogens with zero attached hydrogens (tertiary/aromatic N) is 3. The van der Waals surface area contributed by atoms with E-state index in [1.54, 1.807) is 6.20 Å². The number of pyridine rings is 1. The van der Waals surface area contributed by atoms with Crippen molar-refractivity contribution in [1.29, 1.82) is 0 Å². The molecule has 0 spiro atoms. The average Bonchev–Trinajstić information content (AvgIpc) is 2.73. The van der Waals surface area contributed by atoms with E-state index in [9.17, 15) is 0 Å². The van der Waals surface area contributed by atoms with E-state index in [0.717, 1.165) is 12.4 Å². The molecule has 0 amide bonds. The second-order valence-corrected chi connectivity index (χ2v) is 3.84. The lowest BCUT2D eigenvalue weighted by Gasteiger charge is -2.13. The van der Waals surface area contributed by atoms with E-state index in [-0.39, 0.29) is 6.04 Å². The molecule has 2 aromatic heterocycles. The van der Waals surface area contributed by atoms with Crippen LogP contribution in [0.5, 0.6) is 0 Å². The van der Waals surface area contributed by atoms with Crippen molar-refractivity contribution < 1.29 is 0 Å². The molecule has 0 aliphatic heterocycles. The van der Waals surface area contributed by atoms with Gasteiger partial charge >= 0.3 is 0 Å². The smallest absolute Gasteiger partial charge is 0.122 e. The zero-order valence-corrected chi connectivity index (χ0v) is 9.59. The van der Waals surface area contributed by atoms with Crippen molar-refractivity contribution in [3.63, 3.8) is 0 Å². The van der Waals surface area contributed by atoms with E-state index in [4.69, 9.17) is 0 Å². The molecule has 1 N–H and O–H groups in total. The van der Waals surface area contributed by atoms with Crippen LogP contribution in [0.1, 0.15) is 24.4 Å². The zero-order valence-electron chi connectivity index (χ0n) is 9.59. The minimum atomic E-state index is 0.283. The van der Waals surface area contributed by atoms with Gasteiger partial charge in [0.05, 0.1) is 6.54 Å². The Morgan fingerprint density at radius 1 is 1.44 bits per heavy atom. The van der Waals surface area contributed by atoms with Crippen LogP contribution in [0.2, 0.25) is 0 Å². The fraction of sp³-hybridized carbons (Fsp3) is 0.333. The predicted molar refractivity (Wildman–Crippen MR) is 62.7 cm³/mol. The molecule has 2 rings (SSSR count). The summed E-state index contributed by atoms with van der Waals surface area (Å²) in [4.78, 5) is 8.37. The number of rotatable bonds is 4. The Morgan fingerprint density at radius 3 is 2.94 bits per heavy atom. The standard InChI is InChI=1S/C12H16N4/c1-10(11-4-3-5-13-8-11)15-9-12-14-6-7-16(12)2/h3-8,10,15H,9H2,1-2H3. The summed E-state index contributed by atoms with van der Waals surface area (Å²) in [5.74, 6) is 1.04. The Balaban J connectivity index is 1.94. The number of aryl methyl sites for hydroxylation is 1. The maximum atomic E-state index is 4.27. The number of aromatic nitrogens is 3. The van der Waals surface area contributed by atoms with E-state index in [1.165, 1.54) is 5.56 Å². The van der Waals surface area contributed by atoms with Gasteiger partial charge in [0.15, 0.2) is 0 Å². The van der Waals surface area contributed by atoms with Gasteiger partial charge in [0.25, 0.3) is 0 Å². The molecule has 1 atom stereocenters. The fourth-order valence-corrected chi connectivity index (χ4v) is 1.56. The highest BCUT2D eigenvalue weighted by Crippen LogP contribution is 2.10. The second-order valence-electron chi connectivity index (χ2n) is 3.84. The minimum absolute atomic E-state index is 0.283. The molecule has 0 aliphatic rings. The Hall–Kier alpha value is -1.68. The van der Waals surface area contributed by atoms with Gasteiger partial charge in [0.2, 0.25) is 0 Å². The van der Waals surface area contributed by atoms with Gasteiger partial charge in [-0.3, -0.25) is 4.98 Å². The van der Waals surface area contributed by atoms with Gasteiger partial charge < -0.3 is 9.88 Å². The Kier molecular flexibility index (Phi) is 3.31. The number of nitrogens with one attached hydrogen (secondary N) is 1. The summed E-state index contributed by atoms with van der Waals surface area (Å²) < 4.78 is 2.02. The van der Waals surface area contributed by atoms with Gasteiger partial charge in [-0.15, -0.1) is 0 Å². The molecule has 16 heavy (non-hydrogen) atoms. The van der Waals surface area contributed by atoms with E-state index >= 15 is 0 Å². The van der Waals surface area contributed by atoms with Crippen molar-refractivity contribution in [3.05, 3.63) is 48.3 Å². The van der Waals surface area contributed by atoms with Crippen molar-refractivity contribution in [2.24, 2.45) is 7.05 Å². The molecule has 0 fully saturated rings. The Bertz CT molecular complexity index is 435. The maximum Gasteiger partial charge on any atom is 0.122 e. The van der Waals surface area contributed by atoms with E-state index in [0.29, 0.717) is 0 Å². The van der Waals surface area contributed by atoms with Crippen LogP contribution in [-0.4, -0.2) is 14.5 Å². The molecule has 4 heteroatoms. The molecule has 84 valence electrons. The van der Waals surface area contributed by atoms with Gasteiger partial charge in [0, 0.05) is 37.9 Å². The van der Waals surface area contributed by atoms with Gasteiger partial charge in [-0.1, -0.05) is 6.07 Å². The summed E-state index contributed by atoms with van der Waals surface area (Å²) >= 11 is 0. The monoisotopic (exact) mass is 216 g/mol. The normalized spacial score (nSPS) is 12.6. The molecular weight excluding hydrogens is 200 g/mol. The molecule has 0 saturated heterocycles. The fourth-order valence-electron chi connectivity index (χ4n) is 1.56. The SMILES string of the molecule is CC(NCc1nccn1C)c1cccnc1. The average molecular weight is 216 g/mol. The highest BCUT2D eigenvalue weighted by Gasteiger charge is 2.05. The van der Waals surface area contributed by atoms with Crippen LogP contribution < -0.4 is 5.32 Å². The molecule has 0 aliphatic carbocycles. The van der Waals surface area contributed by atoms with Crippen LogP contribution in [0.4, 0.5) is 0 Å². The third-order valence-corrected chi connectivity index (χ3v) is 2.67. The molecule has 2 aromatic rings. The Labute approximate surface area is 95.4 Å². The van der Waals surface area contributed by atoms with E-state index < -0.39 is 0 Å². The van der Waals surface area contributed by atoms with Crippen LogP contribution in [0, 0.1) is 0 Å². The maximum absolute atomic E-state index is 4.27. The summed E-state index contributed by atoms with van der Waals surface area (Å²) in [7, 11) is 2.00. The molecule has 0 saturated carbocycles. The summed E-state index contributed by atoms with van der Waals surface area (Å²) in [6.45, 7) is 2.89. The highest BCUT2D eigenvalue weighted by atomic mass is 15.1. The largest absolute Gasteiger partial charge is 0.337 e. The summed E-state index contributed by atoms with van der Waals surface area (Å²) in [5, 5.41) is 3.42. The van der Waals surface area contributed by atoms with Crippen LogP contribution in [0.15, 0.2) is 36.9 Å². The first-order valence-corrected chi connectivity index (χ1v) is 5.37. The third-order valence-electron chi connectivity index (χ3n) is 2.67. The lowest BCUT2D eigenvalue weighted by Crippen LogP contribution is -2.20. The zero-order chi connectivity index (χ0) is 11.4. The molecule has 0 radical (unpaired) electrons. The van der Waals surface area contributed by atoms with E-state index in [2.05, 4.69) is 28.3 Å². The third kappa shape index (κ3) is 2.46. The first-order chi connectivity index (χ1) is 7.77. The number of hydrogen-bond donors (Lipinski definition) is 1. The van der Waals surface area contributed by atoms with Crippen molar-refractivity contribution >= 4 is 0 Å². The number of imidazole rings is 1. The van der Waals surface area contributed by atoms with Crippen LogP contribution in [0.3, 0.4) is 0 Å². The van der Waals surface area contributed by atoms with Crippen molar-refractivity contribution in [2.45, 2.75) is 19.5 Å². The van der Waals surface area contributed by atoms with Crippen LogP contribution in [-0.2, 0) is 13.6 Å². The first kappa shape index (κ1) is 10.8. The highest BCUT2D eigenvalue weighted by molar-refractivity contribution is 5.12. The molecular formula is C12H16N4. The first-order valence-electron chi connectivity index (χ1n) is 5.37. The van der Waals surface area contributed by atoms with Crippen LogP contribution in [0.25, 0.3) is 0 Å². The van der Waals surface area contributed by atoms with Gasteiger partial charge in [-0.2, -0.15) is 0 Å². The van der Waals surface area contributed by atoms with E-state index in [1.807, 2.05) is 36.3 Å². The molecule has 4 nitrogen and oxygen atoms in total. The topological polar surface area (TPSA) is 42.7 Å². The number of hydrogen-bond acceptors (Lipinski definition) is 3. The van der Waals surface area contributed by atoms with Crippen molar-refractivity contribution in [2.75, 3.05) is 0 Å². The quantitative estimate of drug-likeness (QED) is 0.845. The van der Waals surface area contributed by atoms with Gasteiger partial charge in [-0.05, 0) is 18.6 Å². The second kappa shape index (κ2) is 4.90. The van der Waals surface area contributed by atoms with Crippen molar-refractivity contribution in [1.82, 2.24) is 19.9 Å². The Morgan fingerprint density at radius 2 is 2.31 bits per heavy atom. The lowest BCUT2D eigenvalue weighted by molar-refractivity contribution is 0.548. The van der Waals surface area contributed by atoms with Gasteiger partial charge in [-0.25, -0.2) is 4.98 Å². The molecule has 0 bridgehead atoms. The summed E-state index contributed by atoms with van der Waals surface area (Å²) in [6.07, 6.45) is 7.43. The summed E-state index contributed by atoms with van der Waals surface area (Å²) in [6, 6.07) is 4.31. The lowest BCUT2D eigenvalue weighted by atomic mass is 10.1. The minimum Gasteiger partial charge on any atom is -0.337 e. The van der Waals surface area contributed by atoms with Crippen LogP contribution >= 0.6 is 0 Å². The van der Waals surface area contributed by atoms with Crippen molar-refractivity contribution in [3.8, 4) is 0 Å². The summed E-state index contributed by atoms with van der Waals surface area (Å²) in [5.41, 5.74) is 1.19.